The Balaban J connectivity index is 1.61. The average molecular weight is 344 g/mol. The van der Waals surface area contributed by atoms with Gasteiger partial charge in [0.15, 0.2) is 5.82 Å². The molecule has 1 aromatic carbocycles. The molecule has 0 radical (unpaired) electrons. The van der Waals surface area contributed by atoms with Crippen LogP contribution in [-0.4, -0.2) is 69.2 Å². The number of benzene rings is 1. The van der Waals surface area contributed by atoms with Crippen molar-refractivity contribution >= 4 is 5.91 Å². The fourth-order valence-electron chi connectivity index (χ4n) is 2.96. The summed E-state index contributed by atoms with van der Waals surface area (Å²) in [5.41, 5.74) is 0.901. The first kappa shape index (κ1) is 17.3. The zero-order valence-corrected chi connectivity index (χ0v) is 14.8. The highest BCUT2D eigenvalue weighted by Crippen LogP contribution is 2.16. The van der Waals surface area contributed by atoms with E-state index >= 15 is 0 Å². The summed E-state index contributed by atoms with van der Waals surface area (Å²) in [6.45, 7) is 5.91. The number of rotatable bonds is 6. The molecule has 0 atom stereocenters. The molecule has 1 fully saturated rings. The Morgan fingerprint density at radius 2 is 1.88 bits per heavy atom. The summed E-state index contributed by atoms with van der Waals surface area (Å²) in [4.78, 5) is 16.2. The highest BCUT2D eigenvalue weighted by atomic mass is 16.5. The Kier molecular flexibility index (Phi) is 5.60. The number of aromatic nitrogens is 4. The van der Waals surface area contributed by atoms with Gasteiger partial charge in [-0.2, -0.15) is 4.68 Å². The minimum Gasteiger partial charge on any atom is -0.497 e. The van der Waals surface area contributed by atoms with E-state index in [1.165, 1.54) is 0 Å². The van der Waals surface area contributed by atoms with Crippen molar-refractivity contribution in [2.45, 2.75) is 26.3 Å². The van der Waals surface area contributed by atoms with Crippen LogP contribution in [0.4, 0.5) is 0 Å². The number of methoxy groups -OCH3 is 1. The lowest BCUT2D eigenvalue weighted by Crippen LogP contribution is -2.48. The van der Waals surface area contributed by atoms with Gasteiger partial charge in [0.2, 0.25) is 5.91 Å². The third-order valence-corrected chi connectivity index (χ3v) is 4.40. The molecule has 3 rings (SSSR count). The molecule has 0 saturated carbocycles. The van der Waals surface area contributed by atoms with E-state index in [-0.39, 0.29) is 5.91 Å². The predicted octanol–water partition coefficient (Wildman–Crippen LogP) is 1.12. The monoisotopic (exact) mass is 344 g/mol. The molecule has 0 spiro atoms. The minimum atomic E-state index is 0.255. The first-order valence-electron chi connectivity index (χ1n) is 8.63. The summed E-state index contributed by atoms with van der Waals surface area (Å²) in [5, 5.41) is 12.1. The fraction of sp³-hybridized carbons (Fsp3) is 0.529. The second kappa shape index (κ2) is 8.06. The van der Waals surface area contributed by atoms with Crippen molar-refractivity contribution in [3.05, 3.63) is 30.1 Å². The number of hydrogen-bond donors (Lipinski definition) is 0. The van der Waals surface area contributed by atoms with Crippen LogP contribution in [0.5, 0.6) is 5.75 Å². The largest absolute Gasteiger partial charge is 0.497 e. The van der Waals surface area contributed by atoms with Gasteiger partial charge in [-0.15, -0.1) is 5.10 Å². The van der Waals surface area contributed by atoms with Crippen LogP contribution in [0.25, 0.3) is 5.69 Å². The van der Waals surface area contributed by atoms with Crippen molar-refractivity contribution in [2.24, 2.45) is 0 Å². The quantitative estimate of drug-likeness (QED) is 0.781. The summed E-state index contributed by atoms with van der Waals surface area (Å²) < 4.78 is 6.93. The summed E-state index contributed by atoms with van der Waals surface area (Å²) in [6, 6.07) is 7.64. The van der Waals surface area contributed by atoms with Crippen LogP contribution < -0.4 is 4.74 Å². The van der Waals surface area contributed by atoms with Crippen molar-refractivity contribution in [1.29, 1.82) is 0 Å². The van der Waals surface area contributed by atoms with E-state index in [1.807, 2.05) is 36.1 Å². The zero-order chi connectivity index (χ0) is 17.6. The van der Waals surface area contributed by atoms with E-state index in [2.05, 4.69) is 20.4 Å². The Hall–Kier alpha value is -2.48. The van der Waals surface area contributed by atoms with Gasteiger partial charge in [-0.05, 0) is 41.1 Å². The molecule has 2 aromatic rings. The standard InChI is InChI=1S/C17H24N6O2/c1-3-4-17(24)22-11-9-21(10-12-22)13-16-18-19-20-23(16)14-5-7-15(25-2)8-6-14/h5-8H,3-4,9-13H2,1-2H3. The Labute approximate surface area is 147 Å². The van der Waals surface area contributed by atoms with Gasteiger partial charge in [0.25, 0.3) is 0 Å². The molecule has 8 nitrogen and oxygen atoms in total. The summed E-state index contributed by atoms with van der Waals surface area (Å²) in [6.07, 6.45) is 1.53. The molecule has 1 aliphatic rings. The number of amides is 1. The Bertz CT molecular complexity index is 691. The highest BCUT2D eigenvalue weighted by molar-refractivity contribution is 5.76. The van der Waals surface area contributed by atoms with Crippen molar-refractivity contribution in [3.63, 3.8) is 0 Å². The van der Waals surface area contributed by atoms with Gasteiger partial charge in [0.1, 0.15) is 5.75 Å². The maximum atomic E-state index is 12.0. The topological polar surface area (TPSA) is 76.4 Å². The number of hydrogen-bond acceptors (Lipinski definition) is 6. The van der Waals surface area contributed by atoms with Gasteiger partial charge in [-0.1, -0.05) is 6.92 Å². The highest BCUT2D eigenvalue weighted by Gasteiger charge is 2.22. The van der Waals surface area contributed by atoms with Crippen molar-refractivity contribution < 1.29 is 9.53 Å². The average Bonchev–Trinajstić information content (AvgIpc) is 3.10. The van der Waals surface area contributed by atoms with Crippen LogP contribution in [-0.2, 0) is 11.3 Å². The smallest absolute Gasteiger partial charge is 0.222 e. The first-order chi connectivity index (χ1) is 12.2. The SMILES string of the molecule is CCCC(=O)N1CCN(Cc2nnnn2-c2ccc(OC)cc2)CC1. The molecule has 0 unspecified atom stereocenters. The van der Waals surface area contributed by atoms with Gasteiger partial charge in [-0.25, -0.2) is 0 Å². The molecular weight excluding hydrogens is 320 g/mol. The van der Waals surface area contributed by atoms with Crippen LogP contribution in [0.15, 0.2) is 24.3 Å². The number of carbonyl (C=O) groups excluding carboxylic acids is 1. The summed E-state index contributed by atoms with van der Waals surface area (Å²) in [7, 11) is 1.64. The van der Waals surface area contributed by atoms with E-state index in [4.69, 9.17) is 4.74 Å². The van der Waals surface area contributed by atoms with Crippen molar-refractivity contribution in [3.8, 4) is 11.4 Å². The second-order valence-electron chi connectivity index (χ2n) is 6.11. The van der Waals surface area contributed by atoms with Gasteiger partial charge < -0.3 is 9.64 Å². The van der Waals surface area contributed by atoms with E-state index in [0.717, 1.165) is 49.9 Å². The van der Waals surface area contributed by atoms with Gasteiger partial charge in [0, 0.05) is 32.6 Å². The third-order valence-electron chi connectivity index (χ3n) is 4.40. The first-order valence-corrected chi connectivity index (χ1v) is 8.63. The molecule has 0 bridgehead atoms. The van der Waals surface area contributed by atoms with Crippen LogP contribution in [0.1, 0.15) is 25.6 Å². The van der Waals surface area contributed by atoms with E-state index in [1.54, 1.807) is 11.8 Å². The molecule has 134 valence electrons. The summed E-state index contributed by atoms with van der Waals surface area (Å²) in [5.74, 6) is 1.84. The summed E-state index contributed by atoms with van der Waals surface area (Å²) >= 11 is 0. The third kappa shape index (κ3) is 4.14. The minimum absolute atomic E-state index is 0.255. The normalized spacial score (nSPS) is 15.4. The maximum absolute atomic E-state index is 12.0. The van der Waals surface area contributed by atoms with Crippen LogP contribution in [0.2, 0.25) is 0 Å². The lowest BCUT2D eigenvalue weighted by atomic mass is 10.2. The lowest BCUT2D eigenvalue weighted by molar-refractivity contribution is -0.133. The number of ether oxygens (including phenoxy) is 1. The van der Waals surface area contributed by atoms with Crippen molar-refractivity contribution in [2.75, 3.05) is 33.3 Å². The Morgan fingerprint density at radius 3 is 2.52 bits per heavy atom. The number of piperazine rings is 1. The fourth-order valence-corrected chi connectivity index (χ4v) is 2.96. The molecule has 1 amide bonds. The number of tetrazole rings is 1. The lowest BCUT2D eigenvalue weighted by Gasteiger charge is -2.34. The maximum Gasteiger partial charge on any atom is 0.222 e. The molecule has 1 saturated heterocycles. The molecule has 8 heteroatoms. The number of nitrogens with zero attached hydrogens (tertiary/aromatic N) is 6. The number of carbonyl (C=O) groups is 1. The molecule has 0 aliphatic carbocycles. The van der Waals surface area contributed by atoms with E-state index < -0.39 is 0 Å². The van der Waals surface area contributed by atoms with Gasteiger partial charge in [-0.3, -0.25) is 9.69 Å². The predicted molar refractivity (Wildman–Crippen MR) is 92.5 cm³/mol. The molecule has 0 N–H and O–H groups in total. The zero-order valence-electron chi connectivity index (χ0n) is 14.8. The molecule has 2 heterocycles. The van der Waals surface area contributed by atoms with Gasteiger partial charge >= 0.3 is 0 Å². The molecule has 1 aromatic heterocycles. The van der Waals surface area contributed by atoms with Crippen LogP contribution in [0, 0.1) is 0 Å². The van der Waals surface area contributed by atoms with Crippen LogP contribution >= 0.6 is 0 Å². The molecular formula is C17H24N6O2. The van der Waals surface area contributed by atoms with Crippen molar-refractivity contribution in [1.82, 2.24) is 30.0 Å². The molecule has 1 aliphatic heterocycles. The van der Waals surface area contributed by atoms with Gasteiger partial charge in [0.05, 0.1) is 19.3 Å². The van der Waals surface area contributed by atoms with E-state index in [9.17, 15) is 4.79 Å². The van der Waals surface area contributed by atoms with Crippen LogP contribution in [0.3, 0.4) is 0 Å². The van der Waals surface area contributed by atoms with E-state index in [0.29, 0.717) is 13.0 Å². The molecule has 25 heavy (non-hydrogen) atoms. The Morgan fingerprint density at radius 1 is 1.16 bits per heavy atom. The second-order valence-corrected chi connectivity index (χ2v) is 6.11.